The smallest absolute Gasteiger partial charge is 0.416 e. The Kier molecular flexibility index (Phi) is 8.23. The maximum Gasteiger partial charge on any atom is 0.416 e. The number of ether oxygens (including phenoxy) is 3. The fraction of sp³-hybridized carbons (Fsp3) is 0.600. The number of amides is 1. The van der Waals surface area contributed by atoms with E-state index in [4.69, 9.17) is 14.2 Å². The van der Waals surface area contributed by atoms with Crippen molar-refractivity contribution in [2.45, 2.75) is 64.0 Å². The molecule has 2 fully saturated rings. The third-order valence-corrected chi connectivity index (χ3v) is 7.49. The molecule has 36 heavy (non-hydrogen) atoms. The van der Waals surface area contributed by atoms with Crippen LogP contribution in [0.3, 0.4) is 0 Å². The highest BCUT2D eigenvalue weighted by Gasteiger charge is 2.32. The number of nitrogens with zero attached hydrogens (tertiary/aromatic N) is 2. The van der Waals surface area contributed by atoms with Crippen LogP contribution < -0.4 is 14.9 Å². The van der Waals surface area contributed by atoms with E-state index in [1.807, 2.05) is 10.8 Å². The van der Waals surface area contributed by atoms with E-state index in [1.54, 1.807) is 0 Å². The van der Waals surface area contributed by atoms with Crippen molar-refractivity contribution in [3.05, 3.63) is 45.2 Å². The maximum atomic E-state index is 13.5. The molecule has 11 heteroatoms. The van der Waals surface area contributed by atoms with Gasteiger partial charge in [0, 0.05) is 30.8 Å². The molecule has 0 radical (unpaired) electrons. The molecule has 0 saturated carbocycles. The SMILES string of the molecule is CC(C)(C)c1cn(C[C@H]2CCCO2)c(=NC(=O)c2cc(C(F)(F)F)ccc2OC[C@@H]2CNCCO2)s1. The number of aromatic nitrogens is 1. The van der Waals surface area contributed by atoms with Crippen LogP contribution in [-0.4, -0.2) is 55.6 Å². The maximum absolute atomic E-state index is 13.5. The minimum Gasteiger partial charge on any atom is -0.490 e. The molecule has 0 unspecified atom stereocenters. The van der Waals surface area contributed by atoms with Gasteiger partial charge in [0.15, 0.2) is 4.80 Å². The van der Waals surface area contributed by atoms with Crippen LogP contribution in [0, 0.1) is 0 Å². The molecule has 0 aliphatic carbocycles. The van der Waals surface area contributed by atoms with Gasteiger partial charge in [-0.3, -0.25) is 4.79 Å². The minimum atomic E-state index is -4.61. The van der Waals surface area contributed by atoms with Crippen LogP contribution in [0.25, 0.3) is 0 Å². The number of morpholine rings is 1. The van der Waals surface area contributed by atoms with E-state index in [1.165, 1.54) is 17.4 Å². The number of carbonyl (C=O) groups is 1. The molecule has 1 aromatic heterocycles. The third kappa shape index (κ3) is 6.76. The Morgan fingerprint density at radius 3 is 2.64 bits per heavy atom. The lowest BCUT2D eigenvalue weighted by Crippen LogP contribution is -2.41. The number of alkyl halides is 3. The van der Waals surface area contributed by atoms with Crippen molar-refractivity contribution in [2.75, 3.05) is 32.9 Å². The zero-order valence-electron chi connectivity index (χ0n) is 20.7. The standard InChI is InChI=1S/C25H32F3N3O4S/c1-24(2,3)21-14-31(13-17-5-4-9-33-17)23(36-21)30-22(32)19-11-16(25(26,27)28)6-7-20(19)35-15-18-12-29-8-10-34-18/h6-7,11,14,17-18,29H,4-5,8-10,12-13,15H2,1-3H3/t17-,18+/m1/s1. The summed E-state index contributed by atoms with van der Waals surface area (Å²) in [7, 11) is 0. The van der Waals surface area contributed by atoms with Crippen molar-refractivity contribution in [2.24, 2.45) is 4.99 Å². The number of halogens is 3. The number of hydrogen-bond acceptors (Lipinski definition) is 6. The lowest BCUT2D eigenvalue weighted by molar-refractivity contribution is -0.137. The Morgan fingerprint density at radius 2 is 2.00 bits per heavy atom. The second kappa shape index (κ2) is 11.0. The Hall–Kier alpha value is -2.21. The van der Waals surface area contributed by atoms with E-state index in [0.29, 0.717) is 31.1 Å². The van der Waals surface area contributed by atoms with Gasteiger partial charge < -0.3 is 24.1 Å². The molecule has 3 heterocycles. The summed E-state index contributed by atoms with van der Waals surface area (Å²) < 4.78 is 59.4. The van der Waals surface area contributed by atoms with Gasteiger partial charge in [0.1, 0.15) is 18.5 Å². The van der Waals surface area contributed by atoms with Gasteiger partial charge in [0.2, 0.25) is 0 Å². The number of carbonyl (C=O) groups excluding carboxylic acids is 1. The first-order valence-corrected chi connectivity index (χ1v) is 12.9. The lowest BCUT2D eigenvalue weighted by atomic mass is 9.95. The van der Waals surface area contributed by atoms with E-state index in [-0.39, 0.29) is 35.5 Å². The molecule has 2 atom stereocenters. The molecule has 1 N–H and O–H groups in total. The Bertz CT molecular complexity index is 1120. The molecule has 7 nitrogen and oxygen atoms in total. The molecule has 0 spiro atoms. The second-order valence-corrected chi connectivity index (χ2v) is 11.1. The zero-order chi connectivity index (χ0) is 25.9. The van der Waals surface area contributed by atoms with E-state index >= 15 is 0 Å². The molecule has 2 aliphatic heterocycles. The molecule has 2 aliphatic rings. The van der Waals surface area contributed by atoms with Crippen molar-refractivity contribution in [3.63, 3.8) is 0 Å². The van der Waals surface area contributed by atoms with Crippen molar-refractivity contribution in [1.82, 2.24) is 9.88 Å². The molecule has 2 saturated heterocycles. The topological polar surface area (TPSA) is 74.1 Å². The summed E-state index contributed by atoms with van der Waals surface area (Å²) in [6, 6.07) is 2.90. The molecule has 2 aromatic rings. The molecule has 198 valence electrons. The van der Waals surface area contributed by atoms with Gasteiger partial charge in [-0.2, -0.15) is 18.2 Å². The molecule has 0 bridgehead atoms. The first-order chi connectivity index (χ1) is 17.0. The average molecular weight is 528 g/mol. The highest BCUT2D eigenvalue weighted by atomic mass is 32.1. The van der Waals surface area contributed by atoms with Gasteiger partial charge in [0.25, 0.3) is 5.91 Å². The summed E-state index contributed by atoms with van der Waals surface area (Å²) in [5.41, 5.74) is -1.35. The molecule has 4 rings (SSSR count). The number of thiazole rings is 1. The molecule has 1 aromatic carbocycles. The van der Waals surface area contributed by atoms with Gasteiger partial charge in [-0.15, -0.1) is 11.3 Å². The number of benzene rings is 1. The van der Waals surface area contributed by atoms with Crippen LogP contribution in [0.5, 0.6) is 5.75 Å². The highest BCUT2D eigenvalue weighted by Crippen LogP contribution is 2.33. The largest absolute Gasteiger partial charge is 0.490 e. The average Bonchev–Trinajstić information content (AvgIpc) is 3.48. The summed E-state index contributed by atoms with van der Waals surface area (Å²) in [5.74, 6) is -0.744. The molecular formula is C25H32F3N3O4S. The monoisotopic (exact) mass is 527 g/mol. The zero-order valence-corrected chi connectivity index (χ0v) is 21.5. The Labute approximate surface area is 212 Å². The van der Waals surface area contributed by atoms with Crippen LogP contribution >= 0.6 is 11.3 Å². The summed E-state index contributed by atoms with van der Waals surface area (Å²) in [6.45, 7) is 9.29. The normalized spacial score (nSPS) is 21.7. The fourth-order valence-electron chi connectivity index (χ4n) is 4.01. The molecular weight excluding hydrogens is 495 g/mol. The van der Waals surface area contributed by atoms with Crippen LogP contribution in [-0.2, 0) is 27.6 Å². The van der Waals surface area contributed by atoms with E-state index in [0.717, 1.165) is 36.4 Å². The summed E-state index contributed by atoms with van der Waals surface area (Å²) >= 11 is 1.35. The number of nitrogens with one attached hydrogen (secondary N) is 1. The Balaban J connectivity index is 1.68. The first-order valence-electron chi connectivity index (χ1n) is 12.1. The number of rotatable bonds is 6. The van der Waals surface area contributed by atoms with Gasteiger partial charge >= 0.3 is 6.18 Å². The molecule has 1 amide bonds. The van der Waals surface area contributed by atoms with E-state index in [2.05, 4.69) is 31.1 Å². The minimum absolute atomic E-state index is 0.0121. The second-order valence-electron chi connectivity index (χ2n) is 10.0. The van der Waals surface area contributed by atoms with Crippen LogP contribution in [0.2, 0.25) is 0 Å². The predicted octanol–water partition coefficient (Wildman–Crippen LogP) is 4.15. The van der Waals surface area contributed by atoms with Crippen molar-refractivity contribution >= 4 is 17.2 Å². The van der Waals surface area contributed by atoms with Crippen molar-refractivity contribution < 1.29 is 32.2 Å². The summed E-state index contributed by atoms with van der Waals surface area (Å²) in [4.78, 5) is 19.0. The van der Waals surface area contributed by atoms with Gasteiger partial charge in [0.05, 0.1) is 30.4 Å². The van der Waals surface area contributed by atoms with E-state index < -0.39 is 17.6 Å². The predicted molar refractivity (Wildman–Crippen MR) is 129 cm³/mol. The third-order valence-electron chi connectivity index (χ3n) is 6.05. The van der Waals surface area contributed by atoms with Crippen molar-refractivity contribution in [3.8, 4) is 5.75 Å². The fourth-order valence-corrected chi connectivity index (χ4v) is 5.06. The van der Waals surface area contributed by atoms with E-state index in [9.17, 15) is 18.0 Å². The summed E-state index contributed by atoms with van der Waals surface area (Å²) in [6.07, 6.45) is -1.02. The van der Waals surface area contributed by atoms with Gasteiger partial charge in [-0.1, -0.05) is 20.8 Å². The van der Waals surface area contributed by atoms with Gasteiger partial charge in [-0.25, -0.2) is 0 Å². The lowest BCUT2D eigenvalue weighted by Gasteiger charge is -2.24. The van der Waals surface area contributed by atoms with Crippen LogP contribution in [0.1, 0.15) is 54.4 Å². The number of hydrogen-bond donors (Lipinski definition) is 1. The Morgan fingerprint density at radius 1 is 1.22 bits per heavy atom. The van der Waals surface area contributed by atoms with Crippen LogP contribution in [0.15, 0.2) is 29.4 Å². The van der Waals surface area contributed by atoms with Crippen molar-refractivity contribution in [1.29, 1.82) is 0 Å². The summed E-state index contributed by atoms with van der Waals surface area (Å²) in [5, 5.41) is 3.17. The van der Waals surface area contributed by atoms with Crippen LogP contribution in [0.4, 0.5) is 13.2 Å². The highest BCUT2D eigenvalue weighted by molar-refractivity contribution is 7.09. The first kappa shape index (κ1) is 26.8. The quantitative estimate of drug-likeness (QED) is 0.611. The van der Waals surface area contributed by atoms with Gasteiger partial charge in [-0.05, 0) is 36.5 Å².